The van der Waals surface area contributed by atoms with Crippen molar-refractivity contribution in [1.82, 2.24) is 14.7 Å². The first kappa shape index (κ1) is 25.1. The van der Waals surface area contributed by atoms with Gasteiger partial charge < -0.3 is 4.74 Å². The summed E-state index contributed by atoms with van der Waals surface area (Å²) in [6, 6.07) is 15.6. The zero-order chi connectivity index (χ0) is 27.2. The van der Waals surface area contributed by atoms with E-state index in [0.29, 0.717) is 46.5 Å². The lowest BCUT2D eigenvalue weighted by atomic mass is 9.94. The van der Waals surface area contributed by atoms with Crippen molar-refractivity contribution in [3.05, 3.63) is 94.9 Å². The lowest BCUT2D eigenvalue weighted by molar-refractivity contribution is 0.0978. The Morgan fingerprint density at radius 2 is 1.85 bits per heavy atom. The second-order valence-electron chi connectivity index (χ2n) is 9.77. The van der Waals surface area contributed by atoms with Crippen LogP contribution < -0.4 is 9.46 Å². The molecule has 1 N–H and O–H groups in total. The van der Waals surface area contributed by atoms with Gasteiger partial charge in [0, 0.05) is 29.1 Å². The smallest absolute Gasteiger partial charge is 0.265 e. The molecule has 6 rings (SSSR count). The van der Waals surface area contributed by atoms with Crippen LogP contribution in [-0.4, -0.2) is 41.4 Å². The molecule has 0 unspecified atom stereocenters. The number of carbonyl (C=O) groups excluding carboxylic acids is 2. The maximum absolute atomic E-state index is 13.2. The molecule has 0 saturated heterocycles. The van der Waals surface area contributed by atoms with E-state index < -0.39 is 20.7 Å². The minimum atomic E-state index is -3.78. The van der Waals surface area contributed by atoms with Gasteiger partial charge in [0.2, 0.25) is 10.0 Å². The molecule has 39 heavy (non-hydrogen) atoms. The van der Waals surface area contributed by atoms with Crippen molar-refractivity contribution in [3.8, 4) is 27.3 Å². The summed E-state index contributed by atoms with van der Waals surface area (Å²) in [5.74, 6) is -0.449. The van der Waals surface area contributed by atoms with Crippen LogP contribution in [0, 0.1) is 0 Å². The SMILES string of the molecule is CC1(S(=O)(=O)NC(=O)c2ccccc2-c2ccc3c(c2)OCC(=Cc2ccc(-c4cncs4)cn2)C3=O)CC1. The van der Waals surface area contributed by atoms with Crippen LogP contribution in [-0.2, 0) is 10.0 Å². The molecule has 2 aromatic heterocycles. The van der Waals surface area contributed by atoms with Crippen molar-refractivity contribution in [3.63, 3.8) is 0 Å². The number of amides is 1. The number of hydrogen-bond acceptors (Lipinski definition) is 8. The minimum absolute atomic E-state index is 0.0759. The molecule has 3 heterocycles. The predicted molar refractivity (Wildman–Crippen MR) is 149 cm³/mol. The van der Waals surface area contributed by atoms with E-state index in [1.165, 1.54) is 11.3 Å². The zero-order valence-electron chi connectivity index (χ0n) is 20.9. The van der Waals surface area contributed by atoms with E-state index in [-0.39, 0.29) is 18.0 Å². The average Bonchev–Trinajstić information content (AvgIpc) is 3.48. The number of nitrogens with zero attached hydrogens (tertiary/aromatic N) is 2. The number of fused-ring (bicyclic) bond motifs is 1. The molecular weight excluding hydrogens is 534 g/mol. The number of rotatable bonds is 6. The van der Waals surface area contributed by atoms with Crippen LogP contribution in [0.3, 0.4) is 0 Å². The van der Waals surface area contributed by atoms with E-state index in [2.05, 4.69) is 14.7 Å². The lowest BCUT2D eigenvalue weighted by Gasteiger charge is -2.20. The Bertz CT molecular complexity index is 1740. The number of benzene rings is 2. The maximum atomic E-state index is 13.2. The molecule has 1 aliphatic heterocycles. The minimum Gasteiger partial charge on any atom is -0.488 e. The molecule has 8 nitrogen and oxygen atoms in total. The van der Waals surface area contributed by atoms with Crippen LogP contribution in [0.2, 0.25) is 0 Å². The van der Waals surface area contributed by atoms with Crippen molar-refractivity contribution in [2.24, 2.45) is 0 Å². The second-order valence-corrected chi connectivity index (χ2v) is 12.8. The molecule has 0 radical (unpaired) electrons. The van der Waals surface area contributed by atoms with Crippen molar-refractivity contribution >= 4 is 39.1 Å². The summed E-state index contributed by atoms with van der Waals surface area (Å²) < 4.78 is 32.5. The average molecular weight is 558 g/mol. The number of Topliss-reactive ketones (excluding diaryl/α,β-unsaturated/α-hetero) is 1. The van der Waals surface area contributed by atoms with Crippen molar-refractivity contribution in [1.29, 1.82) is 0 Å². The highest BCUT2D eigenvalue weighted by molar-refractivity contribution is 7.91. The first-order chi connectivity index (χ1) is 18.7. The number of aromatic nitrogens is 2. The Kier molecular flexibility index (Phi) is 6.16. The summed E-state index contributed by atoms with van der Waals surface area (Å²) in [7, 11) is -3.78. The van der Waals surface area contributed by atoms with Crippen molar-refractivity contribution in [2.45, 2.75) is 24.5 Å². The number of thiazole rings is 1. The lowest BCUT2D eigenvalue weighted by Crippen LogP contribution is -2.38. The van der Waals surface area contributed by atoms with Gasteiger partial charge in [0.1, 0.15) is 12.4 Å². The van der Waals surface area contributed by atoms with Crippen LogP contribution in [0.15, 0.2) is 78.1 Å². The molecule has 1 amide bonds. The topological polar surface area (TPSA) is 115 Å². The number of nitrogens with one attached hydrogen (secondary N) is 1. The summed E-state index contributed by atoms with van der Waals surface area (Å²) >= 11 is 1.53. The van der Waals surface area contributed by atoms with E-state index in [4.69, 9.17) is 4.74 Å². The Hall–Kier alpha value is -4.15. The summed E-state index contributed by atoms with van der Waals surface area (Å²) in [6.45, 7) is 1.70. The molecule has 1 aliphatic carbocycles. The largest absolute Gasteiger partial charge is 0.488 e. The van der Waals surface area contributed by atoms with Gasteiger partial charge in [-0.25, -0.2) is 13.1 Å². The fraction of sp³-hybridized carbons (Fsp3) is 0.172. The molecule has 0 atom stereocenters. The highest BCUT2D eigenvalue weighted by atomic mass is 32.2. The van der Waals surface area contributed by atoms with E-state index in [1.54, 1.807) is 73.4 Å². The first-order valence-corrected chi connectivity index (χ1v) is 14.6. The van der Waals surface area contributed by atoms with Gasteiger partial charge in [-0.15, -0.1) is 11.3 Å². The second kappa shape index (κ2) is 9.55. The van der Waals surface area contributed by atoms with Crippen LogP contribution >= 0.6 is 11.3 Å². The number of pyridine rings is 1. The van der Waals surface area contributed by atoms with E-state index in [9.17, 15) is 18.0 Å². The normalized spacial score (nSPS) is 16.8. The van der Waals surface area contributed by atoms with Crippen molar-refractivity contribution in [2.75, 3.05) is 6.61 Å². The molecule has 196 valence electrons. The molecule has 10 heteroatoms. The van der Waals surface area contributed by atoms with Crippen LogP contribution in [0.4, 0.5) is 0 Å². The molecule has 1 saturated carbocycles. The Morgan fingerprint density at radius 3 is 2.56 bits per heavy atom. The molecule has 2 aromatic carbocycles. The van der Waals surface area contributed by atoms with E-state index in [1.807, 2.05) is 12.1 Å². The molecule has 0 spiro atoms. The van der Waals surface area contributed by atoms with Crippen LogP contribution in [0.5, 0.6) is 5.75 Å². The van der Waals surface area contributed by atoms with E-state index >= 15 is 0 Å². The van der Waals surface area contributed by atoms with Gasteiger partial charge in [-0.3, -0.25) is 19.6 Å². The third-order valence-corrected chi connectivity index (χ3v) is 10.0. The van der Waals surface area contributed by atoms with Gasteiger partial charge in [-0.2, -0.15) is 0 Å². The number of carbonyl (C=O) groups is 2. The first-order valence-electron chi connectivity index (χ1n) is 12.3. The van der Waals surface area contributed by atoms with Gasteiger partial charge in [-0.1, -0.05) is 24.3 Å². The molecular formula is C29H23N3O5S2. The third kappa shape index (κ3) is 4.77. The van der Waals surface area contributed by atoms with Crippen molar-refractivity contribution < 1.29 is 22.7 Å². The summed E-state index contributed by atoms with van der Waals surface area (Å²) in [5, 5.41) is 0. The highest BCUT2D eigenvalue weighted by Gasteiger charge is 2.51. The van der Waals surface area contributed by atoms with Crippen LogP contribution in [0.25, 0.3) is 27.6 Å². The fourth-order valence-corrected chi connectivity index (χ4v) is 6.20. The summed E-state index contributed by atoms with van der Waals surface area (Å²) in [6.07, 6.45) is 6.30. The van der Waals surface area contributed by atoms with Gasteiger partial charge in [0.05, 0.1) is 26.4 Å². The number of ketones is 1. The maximum Gasteiger partial charge on any atom is 0.265 e. The molecule has 0 bridgehead atoms. The quantitative estimate of drug-likeness (QED) is 0.326. The Morgan fingerprint density at radius 1 is 1.05 bits per heavy atom. The standard InChI is InChI=1S/C29H23N3O5S2/c1-29(10-11-29)39(35,36)32-28(34)23-5-3-2-4-22(23)18-7-9-24-25(13-18)37-16-20(27(24)33)12-21-8-6-19(14-31-21)26-15-30-17-38-26/h2-9,12-15,17H,10-11,16H2,1H3,(H,32,34). The van der Waals surface area contributed by atoms with Gasteiger partial charge in [-0.05, 0) is 67.3 Å². The van der Waals surface area contributed by atoms with E-state index in [0.717, 1.165) is 10.4 Å². The Balaban J connectivity index is 1.24. The summed E-state index contributed by atoms with van der Waals surface area (Å²) in [4.78, 5) is 35.8. The molecule has 4 aromatic rings. The third-order valence-electron chi connectivity index (χ3n) is 7.04. The monoisotopic (exact) mass is 557 g/mol. The molecule has 2 aliphatic rings. The van der Waals surface area contributed by atoms with Crippen LogP contribution in [0.1, 0.15) is 46.2 Å². The number of hydrogen-bond donors (Lipinski definition) is 1. The highest BCUT2D eigenvalue weighted by Crippen LogP contribution is 2.42. The predicted octanol–water partition coefficient (Wildman–Crippen LogP) is 5.14. The van der Waals surface area contributed by atoms with Gasteiger partial charge in [0.15, 0.2) is 5.78 Å². The molecule has 1 fully saturated rings. The summed E-state index contributed by atoms with van der Waals surface area (Å²) in [5.41, 5.74) is 5.64. The van der Waals surface area contributed by atoms with Gasteiger partial charge in [0.25, 0.3) is 5.91 Å². The number of sulfonamides is 1. The Labute approximate surface area is 229 Å². The fourth-order valence-electron chi connectivity index (χ4n) is 4.35. The van der Waals surface area contributed by atoms with Gasteiger partial charge >= 0.3 is 0 Å². The number of ether oxygens (including phenoxy) is 1. The zero-order valence-corrected chi connectivity index (χ0v) is 22.5.